The molecule has 0 aliphatic heterocycles. The third-order valence-corrected chi connectivity index (χ3v) is 6.05. The second-order valence-corrected chi connectivity index (χ2v) is 8.88. The minimum atomic E-state index is -1.02. The summed E-state index contributed by atoms with van der Waals surface area (Å²) in [6, 6.07) is 14.1. The van der Waals surface area contributed by atoms with Crippen LogP contribution in [0.2, 0.25) is 0 Å². The number of methoxy groups -OCH3 is 1. The molecular formula is C26H29N3O5. The minimum Gasteiger partial charge on any atom is -0.497 e. The van der Waals surface area contributed by atoms with Gasteiger partial charge in [-0.2, -0.15) is 0 Å². The lowest BCUT2D eigenvalue weighted by Crippen LogP contribution is -2.55. The van der Waals surface area contributed by atoms with Crippen LogP contribution in [0.5, 0.6) is 5.75 Å². The third kappa shape index (κ3) is 6.21. The molecule has 2 saturated carbocycles. The quantitative estimate of drug-likeness (QED) is 0.440. The maximum atomic E-state index is 13.2. The van der Waals surface area contributed by atoms with Crippen molar-refractivity contribution in [1.29, 1.82) is 0 Å². The van der Waals surface area contributed by atoms with Gasteiger partial charge in [-0.15, -0.1) is 0 Å². The fraction of sp³-hybridized carbons (Fsp3) is 0.385. The first-order valence-corrected chi connectivity index (χ1v) is 11.6. The molecule has 4 rings (SSSR count). The minimum absolute atomic E-state index is 0.0117. The van der Waals surface area contributed by atoms with Gasteiger partial charge in [-0.25, -0.2) is 0 Å². The summed E-state index contributed by atoms with van der Waals surface area (Å²) in [6.45, 7) is 0. The van der Waals surface area contributed by atoms with E-state index < -0.39 is 35.6 Å². The number of Topliss-reactive ketones (excluding diaryl/α,β-unsaturated/α-hetero) is 1. The van der Waals surface area contributed by atoms with E-state index in [2.05, 4.69) is 16.0 Å². The average Bonchev–Trinajstić information content (AvgIpc) is 3.77. The van der Waals surface area contributed by atoms with Crippen molar-refractivity contribution in [2.75, 3.05) is 7.11 Å². The predicted octanol–water partition coefficient (Wildman–Crippen LogP) is 1.78. The van der Waals surface area contributed by atoms with E-state index in [0.717, 1.165) is 31.2 Å². The van der Waals surface area contributed by atoms with Crippen LogP contribution in [-0.4, -0.2) is 48.7 Å². The number of ether oxygens (including phenoxy) is 1. The lowest BCUT2D eigenvalue weighted by atomic mass is 10.0. The molecule has 2 atom stereocenters. The van der Waals surface area contributed by atoms with Crippen molar-refractivity contribution >= 4 is 23.5 Å². The predicted molar refractivity (Wildman–Crippen MR) is 125 cm³/mol. The fourth-order valence-corrected chi connectivity index (χ4v) is 3.78. The Morgan fingerprint density at radius 1 is 0.941 bits per heavy atom. The second kappa shape index (κ2) is 10.5. The molecule has 3 amide bonds. The number of ketones is 1. The molecule has 8 heteroatoms. The Kier molecular flexibility index (Phi) is 7.25. The first-order chi connectivity index (χ1) is 16.4. The summed E-state index contributed by atoms with van der Waals surface area (Å²) < 4.78 is 5.17. The largest absolute Gasteiger partial charge is 0.497 e. The highest BCUT2D eigenvalue weighted by atomic mass is 16.5. The molecule has 2 fully saturated rings. The van der Waals surface area contributed by atoms with Gasteiger partial charge in [0.2, 0.25) is 11.7 Å². The average molecular weight is 464 g/mol. The Hall–Kier alpha value is -3.68. The first-order valence-electron chi connectivity index (χ1n) is 11.6. The van der Waals surface area contributed by atoms with E-state index in [9.17, 15) is 19.2 Å². The highest BCUT2D eigenvalue weighted by Gasteiger charge is 2.40. The van der Waals surface area contributed by atoms with Gasteiger partial charge in [0.05, 0.1) is 7.11 Å². The molecule has 178 valence electrons. The number of rotatable bonds is 11. The number of hydrogen-bond acceptors (Lipinski definition) is 5. The summed E-state index contributed by atoms with van der Waals surface area (Å²) in [4.78, 5) is 51.5. The molecule has 0 radical (unpaired) electrons. The number of benzene rings is 2. The summed E-state index contributed by atoms with van der Waals surface area (Å²) in [5.41, 5.74) is 1.20. The van der Waals surface area contributed by atoms with Crippen molar-refractivity contribution in [3.63, 3.8) is 0 Å². The van der Waals surface area contributed by atoms with Crippen molar-refractivity contribution in [2.45, 2.75) is 50.2 Å². The van der Waals surface area contributed by atoms with Crippen molar-refractivity contribution in [1.82, 2.24) is 16.0 Å². The lowest BCUT2D eigenvalue weighted by Gasteiger charge is -2.23. The normalized spacial score (nSPS) is 16.6. The summed E-state index contributed by atoms with van der Waals surface area (Å²) in [5, 5.41) is 8.26. The van der Waals surface area contributed by atoms with E-state index in [1.165, 1.54) is 7.11 Å². The SMILES string of the molecule is COc1cccc(C(=O)NC(C(=O)NC(Cc2ccccc2)C(=O)C(=O)NC2CC2)C2CC2)c1. The summed E-state index contributed by atoms with van der Waals surface area (Å²) >= 11 is 0. The number of hydrogen-bond donors (Lipinski definition) is 3. The van der Waals surface area contributed by atoms with Crippen molar-refractivity contribution in [3.8, 4) is 5.75 Å². The number of carbonyl (C=O) groups is 4. The van der Waals surface area contributed by atoms with Gasteiger partial charge in [-0.05, 0) is 55.4 Å². The van der Waals surface area contributed by atoms with Gasteiger partial charge in [-0.3, -0.25) is 19.2 Å². The zero-order chi connectivity index (χ0) is 24.1. The van der Waals surface area contributed by atoms with Gasteiger partial charge < -0.3 is 20.7 Å². The highest BCUT2D eigenvalue weighted by molar-refractivity contribution is 6.38. The standard InChI is InChI=1S/C26H29N3O5/c1-34-20-9-5-8-18(15-20)24(31)29-22(17-10-11-17)25(32)28-21(14-16-6-3-2-4-7-16)23(30)26(33)27-19-12-13-19/h2-9,15,17,19,21-22H,10-14H2,1H3,(H,27,33)(H,28,32)(H,29,31). The van der Waals surface area contributed by atoms with Crippen LogP contribution in [0, 0.1) is 5.92 Å². The Labute approximate surface area is 198 Å². The molecule has 0 aromatic heterocycles. The number of amides is 3. The Bertz CT molecular complexity index is 1060. The van der Waals surface area contributed by atoms with E-state index in [-0.39, 0.29) is 18.4 Å². The molecule has 2 aromatic rings. The van der Waals surface area contributed by atoms with Crippen molar-refractivity contribution < 1.29 is 23.9 Å². The molecule has 2 aromatic carbocycles. The fourth-order valence-electron chi connectivity index (χ4n) is 3.78. The zero-order valence-electron chi connectivity index (χ0n) is 19.1. The van der Waals surface area contributed by atoms with Gasteiger partial charge >= 0.3 is 0 Å². The second-order valence-electron chi connectivity index (χ2n) is 8.88. The van der Waals surface area contributed by atoms with Crippen LogP contribution < -0.4 is 20.7 Å². The van der Waals surface area contributed by atoms with Crippen molar-refractivity contribution in [3.05, 3.63) is 65.7 Å². The molecule has 3 N–H and O–H groups in total. The van der Waals surface area contributed by atoms with E-state index in [1.807, 2.05) is 30.3 Å². The van der Waals surface area contributed by atoms with E-state index in [4.69, 9.17) is 4.74 Å². The van der Waals surface area contributed by atoms with Crippen LogP contribution in [-0.2, 0) is 20.8 Å². The molecule has 0 saturated heterocycles. The van der Waals surface area contributed by atoms with Gasteiger partial charge in [0.1, 0.15) is 17.8 Å². The van der Waals surface area contributed by atoms with E-state index in [1.54, 1.807) is 24.3 Å². The maximum Gasteiger partial charge on any atom is 0.289 e. The molecule has 8 nitrogen and oxygen atoms in total. The van der Waals surface area contributed by atoms with Gasteiger partial charge in [-0.1, -0.05) is 36.4 Å². The van der Waals surface area contributed by atoms with E-state index >= 15 is 0 Å². The highest BCUT2D eigenvalue weighted by Crippen LogP contribution is 2.33. The Morgan fingerprint density at radius 2 is 1.68 bits per heavy atom. The monoisotopic (exact) mass is 463 g/mol. The molecule has 34 heavy (non-hydrogen) atoms. The topological polar surface area (TPSA) is 114 Å². The van der Waals surface area contributed by atoms with Crippen LogP contribution in [0.4, 0.5) is 0 Å². The van der Waals surface area contributed by atoms with Gasteiger partial charge in [0, 0.05) is 18.0 Å². The van der Waals surface area contributed by atoms with Gasteiger partial charge in [0.25, 0.3) is 11.8 Å². The maximum absolute atomic E-state index is 13.2. The number of carbonyl (C=O) groups excluding carboxylic acids is 4. The van der Waals surface area contributed by atoms with Crippen LogP contribution >= 0.6 is 0 Å². The smallest absolute Gasteiger partial charge is 0.289 e. The van der Waals surface area contributed by atoms with Gasteiger partial charge in [0.15, 0.2) is 0 Å². The molecular weight excluding hydrogens is 434 g/mol. The first kappa shape index (κ1) is 23.5. The Balaban J connectivity index is 1.47. The van der Waals surface area contributed by atoms with Crippen LogP contribution in [0.25, 0.3) is 0 Å². The lowest BCUT2D eigenvalue weighted by molar-refractivity contribution is -0.140. The van der Waals surface area contributed by atoms with E-state index in [0.29, 0.717) is 11.3 Å². The molecule has 0 spiro atoms. The Morgan fingerprint density at radius 3 is 2.32 bits per heavy atom. The molecule has 0 heterocycles. The number of nitrogens with one attached hydrogen (secondary N) is 3. The molecule has 2 aliphatic rings. The zero-order valence-corrected chi connectivity index (χ0v) is 19.1. The van der Waals surface area contributed by atoms with Crippen LogP contribution in [0.1, 0.15) is 41.6 Å². The molecule has 2 unspecified atom stereocenters. The molecule has 0 bridgehead atoms. The summed E-state index contributed by atoms with van der Waals surface area (Å²) in [5.74, 6) is -1.71. The van der Waals surface area contributed by atoms with Crippen LogP contribution in [0.15, 0.2) is 54.6 Å². The third-order valence-electron chi connectivity index (χ3n) is 6.05. The summed E-state index contributed by atoms with van der Waals surface area (Å²) in [6.07, 6.45) is 3.50. The summed E-state index contributed by atoms with van der Waals surface area (Å²) in [7, 11) is 1.51. The molecule has 2 aliphatic carbocycles. The van der Waals surface area contributed by atoms with Crippen LogP contribution in [0.3, 0.4) is 0 Å². The van der Waals surface area contributed by atoms with Crippen molar-refractivity contribution in [2.24, 2.45) is 5.92 Å².